The molecular weight excluding hydrogens is 128 g/mol. The second-order valence-corrected chi connectivity index (χ2v) is 2.21. The minimum atomic E-state index is 0.0186. The number of nitrogens with one attached hydrogen (secondary N) is 2. The van der Waals surface area contributed by atoms with Gasteiger partial charge in [0.1, 0.15) is 5.82 Å². The highest BCUT2D eigenvalue weighted by molar-refractivity contribution is 4.85. The Hall–Kier alpha value is -0.870. The normalized spacial score (nSPS) is 13.4. The Morgan fingerprint density at radius 3 is 3.20 bits per heavy atom. The maximum absolute atomic E-state index is 5.46. The van der Waals surface area contributed by atoms with Crippen LogP contribution in [0, 0.1) is 0 Å². The van der Waals surface area contributed by atoms with Crippen molar-refractivity contribution in [3.8, 4) is 0 Å². The summed E-state index contributed by atoms with van der Waals surface area (Å²) in [5, 5.41) is 3.03. The number of hydrogen-bond acceptors (Lipinski definition) is 3. The SMILES string of the molecule is CC(N)NCc1ncc[nH]1. The first-order chi connectivity index (χ1) is 4.79. The first kappa shape index (κ1) is 7.24. The highest BCUT2D eigenvalue weighted by atomic mass is 15.0. The van der Waals surface area contributed by atoms with Gasteiger partial charge in [-0.1, -0.05) is 0 Å². The summed E-state index contributed by atoms with van der Waals surface area (Å²) in [5.74, 6) is 0.914. The van der Waals surface area contributed by atoms with Gasteiger partial charge in [-0.05, 0) is 6.92 Å². The van der Waals surface area contributed by atoms with Gasteiger partial charge < -0.3 is 10.7 Å². The van der Waals surface area contributed by atoms with Crippen molar-refractivity contribution in [2.75, 3.05) is 0 Å². The van der Waals surface area contributed by atoms with E-state index in [1.54, 1.807) is 12.4 Å². The molecule has 1 heterocycles. The van der Waals surface area contributed by atoms with E-state index in [4.69, 9.17) is 5.73 Å². The van der Waals surface area contributed by atoms with Gasteiger partial charge >= 0.3 is 0 Å². The van der Waals surface area contributed by atoms with E-state index in [2.05, 4.69) is 15.3 Å². The standard InChI is InChI=1S/C6H12N4/c1-5(7)10-4-6-8-2-3-9-6/h2-3,5,10H,4,7H2,1H3,(H,8,9). The first-order valence-corrected chi connectivity index (χ1v) is 3.26. The van der Waals surface area contributed by atoms with Crippen LogP contribution in [0.1, 0.15) is 12.7 Å². The summed E-state index contributed by atoms with van der Waals surface area (Å²) in [6, 6.07) is 0. The molecule has 0 aromatic carbocycles. The zero-order valence-corrected chi connectivity index (χ0v) is 5.96. The molecule has 1 unspecified atom stereocenters. The lowest BCUT2D eigenvalue weighted by molar-refractivity contribution is 0.555. The van der Waals surface area contributed by atoms with Crippen LogP contribution >= 0.6 is 0 Å². The molecule has 1 aromatic rings. The molecule has 0 bridgehead atoms. The largest absolute Gasteiger partial charge is 0.348 e. The smallest absolute Gasteiger partial charge is 0.120 e. The minimum absolute atomic E-state index is 0.0186. The van der Waals surface area contributed by atoms with E-state index in [-0.39, 0.29) is 6.17 Å². The summed E-state index contributed by atoms with van der Waals surface area (Å²) >= 11 is 0. The fraction of sp³-hybridized carbons (Fsp3) is 0.500. The number of aromatic nitrogens is 2. The summed E-state index contributed by atoms with van der Waals surface area (Å²) in [7, 11) is 0. The number of imidazole rings is 1. The van der Waals surface area contributed by atoms with Gasteiger partial charge in [-0.15, -0.1) is 0 Å². The molecule has 1 atom stereocenters. The fourth-order valence-electron chi connectivity index (χ4n) is 0.652. The predicted molar refractivity (Wildman–Crippen MR) is 39.1 cm³/mol. The lowest BCUT2D eigenvalue weighted by atomic mass is 10.5. The van der Waals surface area contributed by atoms with E-state index >= 15 is 0 Å². The molecule has 0 radical (unpaired) electrons. The van der Waals surface area contributed by atoms with Gasteiger partial charge in [0.25, 0.3) is 0 Å². The maximum Gasteiger partial charge on any atom is 0.120 e. The Morgan fingerprint density at radius 1 is 1.90 bits per heavy atom. The topological polar surface area (TPSA) is 66.7 Å². The Labute approximate surface area is 59.8 Å². The molecule has 0 amide bonds. The van der Waals surface area contributed by atoms with Crippen molar-refractivity contribution in [1.82, 2.24) is 15.3 Å². The molecule has 0 spiro atoms. The number of H-pyrrole nitrogens is 1. The monoisotopic (exact) mass is 140 g/mol. The lowest BCUT2D eigenvalue weighted by Gasteiger charge is -2.04. The van der Waals surface area contributed by atoms with Crippen LogP contribution in [-0.2, 0) is 6.54 Å². The molecule has 1 aromatic heterocycles. The minimum Gasteiger partial charge on any atom is -0.348 e. The fourth-order valence-corrected chi connectivity index (χ4v) is 0.652. The van der Waals surface area contributed by atoms with Crippen LogP contribution in [-0.4, -0.2) is 16.1 Å². The average molecular weight is 140 g/mol. The molecule has 4 heteroatoms. The number of nitrogens with zero attached hydrogens (tertiary/aromatic N) is 1. The summed E-state index contributed by atoms with van der Waals surface area (Å²) in [6.07, 6.45) is 3.53. The van der Waals surface area contributed by atoms with Crippen LogP contribution in [0.4, 0.5) is 0 Å². The van der Waals surface area contributed by atoms with Crippen molar-refractivity contribution in [3.63, 3.8) is 0 Å². The van der Waals surface area contributed by atoms with E-state index in [0.717, 1.165) is 5.82 Å². The molecule has 0 saturated heterocycles. The first-order valence-electron chi connectivity index (χ1n) is 3.26. The van der Waals surface area contributed by atoms with Gasteiger partial charge in [0.05, 0.1) is 12.7 Å². The molecular formula is C6H12N4. The van der Waals surface area contributed by atoms with Crippen molar-refractivity contribution in [2.45, 2.75) is 19.6 Å². The van der Waals surface area contributed by atoms with E-state index < -0.39 is 0 Å². The van der Waals surface area contributed by atoms with Crippen molar-refractivity contribution in [1.29, 1.82) is 0 Å². The van der Waals surface area contributed by atoms with Gasteiger partial charge in [0.2, 0.25) is 0 Å². The second-order valence-electron chi connectivity index (χ2n) is 2.21. The quantitative estimate of drug-likeness (QED) is 0.509. The molecule has 4 N–H and O–H groups in total. The molecule has 0 fully saturated rings. The number of rotatable bonds is 3. The molecule has 56 valence electrons. The average Bonchev–Trinajstić information content (AvgIpc) is 2.34. The van der Waals surface area contributed by atoms with E-state index in [1.165, 1.54) is 0 Å². The summed E-state index contributed by atoms with van der Waals surface area (Å²) in [5.41, 5.74) is 5.46. The highest BCUT2D eigenvalue weighted by Crippen LogP contribution is 1.85. The Balaban J connectivity index is 2.28. The molecule has 0 aliphatic carbocycles. The molecule has 0 aliphatic rings. The second kappa shape index (κ2) is 3.34. The van der Waals surface area contributed by atoms with Crippen LogP contribution in [0.2, 0.25) is 0 Å². The molecule has 0 saturated carbocycles. The third-order valence-corrected chi connectivity index (χ3v) is 1.15. The Morgan fingerprint density at radius 2 is 2.70 bits per heavy atom. The van der Waals surface area contributed by atoms with E-state index in [1.807, 2.05) is 6.92 Å². The van der Waals surface area contributed by atoms with E-state index in [9.17, 15) is 0 Å². The Kier molecular flexibility index (Phi) is 2.42. The zero-order chi connectivity index (χ0) is 7.40. The Bertz CT molecular complexity index is 168. The van der Waals surface area contributed by atoms with Crippen LogP contribution in [0.3, 0.4) is 0 Å². The molecule has 1 rings (SSSR count). The lowest BCUT2D eigenvalue weighted by Crippen LogP contribution is -2.33. The van der Waals surface area contributed by atoms with Crippen molar-refractivity contribution < 1.29 is 0 Å². The van der Waals surface area contributed by atoms with Crippen LogP contribution in [0.15, 0.2) is 12.4 Å². The summed E-state index contributed by atoms with van der Waals surface area (Å²) < 4.78 is 0. The highest BCUT2D eigenvalue weighted by Gasteiger charge is 1.94. The van der Waals surface area contributed by atoms with E-state index in [0.29, 0.717) is 6.54 Å². The van der Waals surface area contributed by atoms with Crippen molar-refractivity contribution >= 4 is 0 Å². The van der Waals surface area contributed by atoms with Crippen LogP contribution in [0.5, 0.6) is 0 Å². The third kappa shape index (κ3) is 2.16. The van der Waals surface area contributed by atoms with Crippen LogP contribution in [0.25, 0.3) is 0 Å². The van der Waals surface area contributed by atoms with Gasteiger partial charge in [0.15, 0.2) is 0 Å². The maximum atomic E-state index is 5.46. The third-order valence-electron chi connectivity index (χ3n) is 1.15. The molecule has 10 heavy (non-hydrogen) atoms. The predicted octanol–water partition coefficient (Wildman–Crippen LogP) is -0.196. The number of nitrogens with two attached hydrogens (primary N) is 1. The number of hydrogen-bond donors (Lipinski definition) is 3. The number of aromatic amines is 1. The van der Waals surface area contributed by atoms with Gasteiger partial charge in [-0.25, -0.2) is 4.98 Å². The van der Waals surface area contributed by atoms with Crippen molar-refractivity contribution in [3.05, 3.63) is 18.2 Å². The van der Waals surface area contributed by atoms with Gasteiger partial charge in [0, 0.05) is 12.4 Å². The van der Waals surface area contributed by atoms with Crippen LogP contribution < -0.4 is 11.1 Å². The van der Waals surface area contributed by atoms with Crippen molar-refractivity contribution in [2.24, 2.45) is 5.73 Å². The zero-order valence-electron chi connectivity index (χ0n) is 5.96. The van der Waals surface area contributed by atoms with Gasteiger partial charge in [-0.3, -0.25) is 5.32 Å². The summed E-state index contributed by atoms with van der Waals surface area (Å²) in [4.78, 5) is 6.98. The molecule has 4 nitrogen and oxygen atoms in total. The van der Waals surface area contributed by atoms with Gasteiger partial charge in [-0.2, -0.15) is 0 Å². The summed E-state index contributed by atoms with van der Waals surface area (Å²) in [6.45, 7) is 2.59. The molecule has 0 aliphatic heterocycles.